The molecule has 0 amide bonds. The molecule has 0 atom stereocenters. The molecule has 0 aliphatic carbocycles. The number of benzene rings is 2. The van der Waals surface area contributed by atoms with Gasteiger partial charge in [-0.25, -0.2) is 13.2 Å². The number of aromatic hydroxyl groups is 1. The number of carboxylic acid groups (broad SMARTS) is 1. The molecule has 110 valence electrons. The first-order valence-corrected chi connectivity index (χ1v) is 7.44. The fraction of sp³-hybridized carbons (Fsp3) is 0.0714. The highest BCUT2D eigenvalue weighted by Crippen LogP contribution is 2.23. The zero-order chi connectivity index (χ0) is 15.6. The molecule has 2 aromatic carbocycles. The smallest absolute Gasteiger partial charge is 0.335 e. The number of aryl methyl sites for hydroxylation is 1. The third kappa shape index (κ3) is 3.32. The Morgan fingerprint density at radius 2 is 1.86 bits per heavy atom. The number of carboxylic acids is 1. The standard InChI is InChI=1S/C14H13NO5S/c1-9-5-6-11(8-13(9)16)15-21(19,20)12-4-2-3-10(7-12)14(17)18/h2-8,15-16H,1H3,(H,17,18). The lowest BCUT2D eigenvalue weighted by atomic mass is 10.2. The van der Waals surface area contributed by atoms with Gasteiger partial charge in [0.15, 0.2) is 0 Å². The van der Waals surface area contributed by atoms with Crippen molar-refractivity contribution in [1.29, 1.82) is 0 Å². The number of sulfonamides is 1. The third-order valence-corrected chi connectivity index (χ3v) is 4.23. The van der Waals surface area contributed by atoms with E-state index in [1.807, 2.05) is 0 Å². The lowest BCUT2D eigenvalue weighted by Gasteiger charge is -2.09. The summed E-state index contributed by atoms with van der Waals surface area (Å²) in [6.45, 7) is 1.68. The molecular weight excluding hydrogens is 294 g/mol. The summed E-state index contributed by atoms with van der Waals surface area (Å²) >= 11 is 0. The first-order chi connectivity index (χ1) is 9.79. The van der Waals surface area contributed by atoms with Gasteiger partial charge in [-0.3, -0.25) is 4.72 Å². The second kappa shape index (κ2) is 5.45. The van der Waals surface area contributed by atoms with E-state index < -0.39 is 16.0 Å². The van der Waals surface area contributed by atoms with Crippen molar-refractivity contribution in [3.63, 3.8) is 0 Å². The van der Waals surface area contributed by atoms with Crippen molar-refractivity contribution in [1.82, 2.24) is 0 Å². The SMILES string of the molecule is Cc1ccc(NS(=O)(=O)c2cccc(C(=O)O)c2)cc1O. The Kier molecular flexibility index (Phi) is 3.86. The van der Waals surface area contributed by atoms with Gasteiger partial charge in [-0.05, 0) is 36.8 Å². The molecule has 0 saturated heterocycles. The Morgan fingerprint density at radius 3 is 2.48 bits per heavy atom. The van der Waals surface area contributed by atoms with Crippen molar-refractivity contribution in [2.75, 3.05) is 4.72 Å². The molecule has 2 rings (SSSR count). The van der Waals surface area contributed by atoms with Gasteiger partial charge in [0, 0.05) is 6.07 Å². The lowest BCUT2D eigenvalue weighted by molar-refractivity contribution is 0.0696. The molecule has 0 saturated carbocycles. The summed E-state index contributed by atoms with van der Waals surface area (Å²) < 4.78 is 26.7. The van der Waals surface area contributed by atoms with Crippen molar-refractivity contribution >= 4 is 21.7 Å². The van der Waals surface area contributed by atoms with Gasteiger partial charge in [0.2, 0.25) is 0 Å². The molecule has 0 aliphatic heterocycles. The van der Waals surface area contributed by atoms with Crippen LogP contribution in [-0.2, 0) is 10.0 Å². The molecule has 0 aromatic heterocycles. The molecule has 3 N–H and O–H groups in total. The first-order valence-electron chi connectivity index (χ1n) is 5.95. The van der Waals surface area contributed by atoms with Gasteiger partial charge < -0.3 is 10.2 Å². The minimum absolute atomic E-state index is 0.0329. The van der Waals surface area contributed by atoms with E-state index in [0.29, 0.717) is 5.56 Å². The monoisotopic (exact) mass is 307 g/mol. The van der Waals surface area contributed by atoms with E-state index in [4.69, 9.17) is 5.11 Å². The van der Waals surface area contributed by atoms with E-state index in [2.05, 4.69) is 4.72 Å². The summed E-state index contributed by atoms with van der Waals surface area (Å²) in [5.74, 6) is -1.24. The predicted molar refractivity (Wildman–Crippen MR) is 77.1 cm³/mol. The van der Waals surface area contributed by atoms with E-state index >= 15 is 0 Å². The zero-order valence-electron chi connectivity index (χ0n) is 11.1. The number of anilines is 1. The average Bonchev–Trinajstić information content (AvgIpc) is 2.43. The quantitative estimate of drug-likeness (QED) is 0.803. The summed E-state index contributed by atoms with van der Waals surface area (Å²) in [5.41, 5.74) is 0.689. The minimum atomic E-state index is -3.92. The second-order valence-electron chi connectivity index (χ2n) is 4.44. The molecule has 0 spiro atoms. The van der Waals surface area contributed by atoms with Crippen molar-refractivity contribution in [2.45, 2.75) is 11.8 Å². The highest BCUT2D eigenvalue weighted by Gasteiger charge is 2.16. The van der Waals surface area contributed by atoms with E-state index in [1.165, 1.54) is 30.3 Å². The van der Waals surface area contributed by atoms with E-state index in [0.717, 1.165) is 6.07 Å². The van der Waals surface area contributed by atoms with Crippen LogP contribution >= 0.6 is 0 Å². The second-order valence-corrected chi connectivity index (χ2v) is 6.12. The number of phenols is 1. The molecule has 0 aliphatic rings. The van der Waals surface area contributed by atoms with Gasteiger partial charge in [-0.15, -0.1) is 0 Å². The van der Waals surface area contributed by atoms with E-state index in [1.54, 1.807) is 13.0 Å². The number of hydrogen-bond donors (Lipinski definition) is 3. The summed E-state index contributed by atoms with van der Waals surface area (Å²) in [6.07, 6.45) is 0. The van der Waals surface area contributed by atoms with Gasteiger partial charge in [0.1, 0.15) is 5.75 Å². The van der Waals surface area contributed by atoms with Crippen LogP contribution in [0.4, 0.5) is 5.69 Å². The maximum atomic E-state index is 12.2. The Balaban J connectivity index is 2.36. The number of nitrogens with one attached hydrogen (secondary N) is 1. The number of aromatic carboxylic acids is 1. The maximum absolute atomic E-state index is 12.2. The third-order valence-electron chi connectivity index (χ3n) is 2.85. The topological polar surface area (TPSA) is 104 Å². The maximum Gasteiger partial charge on any atom is 0.335 e. The zero-order valence-corrected chi connectivity index (χ0v) is 11.9. The average molecular weight is 307 g/mol. The van der Waals surface area contributed by atoms with Crippen LogP contribution in [0.15, 0.2) is 47.4 Å². The molecule has 0 radical (unpaired) electrons. The first kappa shape index (κ1) is 14.9. The summed E-state index contributed by atoms with van der Waals surface area (Å²) in [5, 5.41) is 18.5. The minimum Gasteiger partial charge on any atom is -0.508 e. The Hall–Kier alpha value is -2.54. The van der Waals surface area contributed by atoms with Gasteiger partial charge in [-0.2, -0.15) is 0 Å². The number of phenolic OH excluding ortho intramolecular Hbond substituents is 1. The molecule has 7 heteroatoms. The van der Waals surface area contributed by atoms with Crippen LogP contribution < -0.4 is 4.72 Å². The Labute approximate surface area is 121 Å². The number of hydrogen-bond acceptors (Lipinski definition) is 4. The molecule has 0 unspecified atom stereocenters. The van der Waals surface area contributed by atoms with Crippen molar-refractivity contribution < 1.29 is 23.4 Å². The summed E-state index contributed by atoms with van der Waals surface area (Å²) in [7, 11) is -3.92. The molecule has 2 aromatic rings. The van der Waals surface area contributed by atoms with Crippen LogP contribution in [0.5, 0.6) is 5.75 Å². The highest BCUT2D eigenvalue weighted by molar-refractivity contribution is 7.92. The predicted octanol–water partition coefficient (Wildman–Crippen LogP) is 2.20. The molecular formula is C14H13NO5S. The number of rotatable bonds is 4. The molecule has 0 heterocycles. The van der Waals surface area contributed by atoms with Gasteiger partial charge in [-0.1, -0.05) is 12.1 Å². The highest BCUT2D eigenvalue weighted by atomic mass is 32.2. The Morgan fingerprint density at radius 1 is 1.14 bits per heavy atom. The lowest BCUT2D eigenvalue weighted by Crippen LogP contribution is -2.13. The van der Waals surface area contributed by atoms with Crippen molar-refractivity contribution in [3.05, 3.63) is 53.6 Å². The van der Waals surface area contributed by atoms with Crippen LogP contribution in [0.3, 0.4) is 0 Å². The normalized spacial score (nSPS) is 11.1. The van der Waals surface area contributed by atoms with Crippen molar-refractivity contribution in [3.8, 4) is 5.75 Å². The fourth-order valence-electron chi connectivity index (χ4n) is 1.68. The number of carbonyl (C=O) groups is 1. The van der Waals surface area contributed by atoms with E-state index in [9.17, 15) is 18.3 Å². The largest absolute Gasteiger partial charge is 0.508 e. The van der Waals surface area contributed by atoms with Crippen LogP contribution in [0.2, 0.25) is 0 Å². The van der Waals surface area contributed by atoms with Gasteiger partial charge in [0.05, 0.1) is 16.1 Å². The van der Waals surface area contributed by atoms with E-state index in [-0.39, 0.29) is 21.9 Å². The summed E-state index contributed by atoms with van der Waals surface area (Å²) in [6, 6.07) is 9.38. The van der Waals surface area contributed by atoms with Crippen LogP contribution in [0.25, 0.3) is 0 Å². The molecule has 6 nitrogen and oxygen atoms in total. The van der Waals surface area contributed by atoms with Gasteiger partial charge >= 0.3 is 5.97 Å². The van der Waals surface area contributed by atoms with Crippen LogP contribution in [0.1, 0.15) is 15.9 Å². The van der Waals surface area contributed by atoms with Crippen molar-refractivity contribution in [2.24, 2.45) is 0 Å². The van der Waals surface area contributed by atoms with Crippen LogP contribution in [0, 0.1) is 6.92 Å². The molecule has 0 bridgehead atoms. The fourth-order valence-corrected chi connectivity index (χ4v) is 2.78. The summed E-state index contributed by atoms with van der Waals surface area (Å²) in [4.78, 5) is 10.7. The molecule has 21 heavy (non-hydrogen) atoms. The van der Waals surface area contributed by atoms with Crippen LogP contribution in [-0.4, -0.2) is 24.6 Å². The molecule has 0 fully saturated rings. The van der Waals surface area contributed by atoms with Gasteiger partial charge in [0.25, 0.3) is 10.0 Å². The Bertz CT molecular complexity index is 799.